The second kappa shape index (κ2) is 5.44. The van der Waals surface area contributed by atoms with Crippen LogP contribution in [0.3, 0.4) is 0 Å². The fourth-order valence-electron chi connectivity index (χ4n) is 1.08. The Bertz CT molecular complexity index is 334. The monoisotopic (exact) mass is 263 g/mol. The number of rotatable bonds is 4. The summed E-state index contributed by atoms with van der Waals surface area (Å²) < 4.78 is 0. The average Bonchev–Trinajstić information content (AvgIpc) is 2.10. The maximum atomic E-state index is 6.07. The van der Waals surface area contributed by atoms with Crippen LogP contribution in [0.2, 0.25) is 10.0 Å². The van der Waals surface area contributed by atoms with Crippen molar-refractivity contribution in [2.75, 3.05) is 5.75 Å². The predicted octanol–water partition coefficient (Wildman–Crippen LogP) is 3.96. The van der Waals surface area contributed by atoms with Gasteiger partial charge in [-0.05, 0) is 25.5 Å². The van der Waals surface area contributed by atoms with Gasteiger partial charge in [0.15, 0.2) is 0 Å². The third kappa shape index (κ3) is 4.64. The van der Waals surface area contributed by atoms with Crippen LogP contribution in [0.5, 0.6) is 0 Å². The van der Waals surface area contributed by atoms with Crippen molar-refractivity contribution in [3.63, 3.8) is 0 Å². The van der Waals surface area contributed by atoms with Gasteiger partial charge in [0, 0.05) is 17.0 Å². The van der Waals surface area contributed by atoms with Crippen molar-refractivity contribution in [3.8, 4) is 0 Å². The van der Waals surface area contributed by atoms with E-state index in [1.54, 1.807) is 17.8 Å². The van der Waals surface area contributed by atoms with Crippen LogP contribution in [-0.4, -0.2) is 11.3 Å². The van der Waals surface area contributed by atoms with Gasteiger partial charge < -0.3 is 5.73 Å². The molecule has 0 unspecified atom stereocenters. The van der Waals surface area contributed by atoms with Gasteiger partial charge in [0.2, 0.25) is 0 Å². The van der Waals surface area contributed by atoms with Crippen LogP contribution in [0.4, 0.5) is 0 Å². The molecule has 1 nitrogen and oxygen atoms in total. The molecule has 0 aromatic heterocycles. The van der Waals surface area contributed by atoms with Gasteiger partial charge >= 0.3 is 0 Å². The topological polar surface area (TPSA) is 26.0 Å². The number of hydrogen-bond donors (Lipinski definition) is 1. The van der Waals surface area contributed by atoms with Crippen LogP contribution in [0.1, 0.15) is 19.4 Å². The van der Waals surface area contributed by atoms with Crippen molar-refractivity contribution in [2.24, 2.45) is 5.73 Å². The first-order chi connectivity index (χ1) is 6.90. The van der Waals surface area contributed by atoms with Gasteiger partial charge in [-0.3, -0.25) is 0 Å². The zero-order chi connectivity index (χ0) is 11.5. The van der Waals surface area contributed by atoms with E-state index in [9.17, 15) is 0 Å². The van der Waals surface area contributed by atoms with Crippen molar-refractivity contribution in [1.29, 1.82) is 0 Å². The lowest BCUT2D eigenvalue weighted by atomic mass is 10.1. The summed E-state index contributed by atoms with van der Waals surface area (Å²) in [7, 11) is 0. The molecule has 4 heteroatoms. The summed E-state index contributed by atoms with van der Waals surface area (Å²) in [6.45, 7) is 4.03. The van der Waals surface area contributed by atoms with E-state index < -0.39 is 0 Å². The zero-order valence-corrected chi connectivity index (χ0v) is 11.2. The molecule has 0 fully saturated rings. The molecule has 1 aromatic rings. The Kier molecular flexibility index (Phi) is 4.78. The molecule has 0 spiro atoms. The molecule has 0 amide bonds. The average molecular weight is 264 g/mol. The van der Waals surface area contributed by atoms with Crippen molar-refractivity contribution < 1.29 is 0 Å². The summed E-state index contributed by atoms with van der Waals surface area (Å²) in [5, 5.41) is 1.27. The first kappa shape index (κ1) is 13.2. The number of benzene rings is 1. The SMILES string of the molecule is CC(C)(N)CSCc1cccc(Cl)c1Cl. The molecule has 84 valence electrons. The number of hydrogen-bond acceptors (Lipinski definition) is 2. The molecular weight excluding hydrogens is 249 g/mol. The molecule has 0 saturated carbocycles. The number of halogens is 2. The minimum absolute atomic E-state index is 0.143. The van der Waals surface area contributed by atoms with Crippen LogP contribution in [0, 0.1) is 0 Å². The lowest BCUT2D eigenvalue weighted by molar-refractivity contribution is 0.591. The predicted molar refractivity (Wildman–Crippen MR) is 70.9 cm³/mol. The minimum atomic E-state index is -0.143. The summed E-state index contributed by atoms with van der Waals surface area (Å²) >= 11 is 13.8. The Morgan fingerprint density at radius 3 is 2.60 bits per heavy atom. The van der Waals surface area contributed by atoms with E-state index in [1.807, 2.05) is 26.0 Å². The Morgan fingerprint density at radius 1 is 1.33 bits per heavy atom. The minimum Gasteiger partial charge on any atom is -0.325 e. The smallest absolute Gasteiger partial charge is 0.0632 e. The highest BCUT2D eigenvalue weighted by Gasteiger charge is 2.11. The molecule has 0 aliphatic heterocycles. The van der Waals surface area contributed by atoms with E-state index in [0.717, 1.165) is 17.1 Å². The highest BCUT2D eigenvalue weighted by molar-refractivity contribution is 7.98. The Morgan fingerprint density at radius 2 is 2.00 bits per heavy atom. The molecule has 0 saturated heterocycles. The van der Waals surface area contributed by atoms with E-state index in [0.29, 0.717) is 10.0 Å². The second-order valence-electron chi connectivity index (χ2n) is 4.19. The molecule has 0 aliphatic carbocycles. The fraction of sp³-hybridized carbons (Fsp3) is 0.455. The van der Waals surface area contributed by atoms with Gasteiger partial charge in [0.1, 0.15) is 0 Å². The number of thioether (sulfide) groups is 1. The summed E-state index contributed by atoms with van der Waals surface area (Å²) in [6.07, 6.45) is 0. The van der Waals surface area contributed by atoms with E-state index in [2.05, 4.69) is 0 Å². The summed E-state index contributed by atoms with van der Waals surface area (Å²) in [5.41, 5.74) is 6.81. The lowest BCUT2D eigenvalue weighted by Crippen LogP contribution is -2.34. The van der Waals surface area contributed by atoms with E-state index in [1.165, 1.54) is 0 Å². The third-order valence-electron chi connectivity index (χ3n) is 1.76. The first-order valence-electron chi connectivity index (χ1n) is 4.70. The van der Waals surface area contributed by atoms with E-state index >= 15 is 0 Å². The maximum Gasteiger partial charge on any atom is 0.0632 e. The van der Waals surface area contributed by atoms with Crippen LogP contribution in [-0.2, 0) is 5.75 Å². The van der Waals surface area contributed by atoms with Gasteiger partial charge in [0.25, 0.3) is 0 Å². The highest BCUT2D eigenvalue weighted by Crippen LogP contribution is 2.28. The van der Waals surface area contributed by atoms with Crippen LogP contribution < -0.4 is 5.73 Å². The van der Waals surface area contributed by atoms with E-state index in [-0.39, 0.29) is 5.54 Å². The van der Waals surface area contributed by atoms with Crippen LogP contribution in [0.25, 0.3) is 0 Å². The molecule has 0 heterocycles. The quantitative estimate of drug-likeness (QED) is 0.890. The van der Waals surface area contributed by atoms with Crippen LogP contribution in [0.15, 0.2) is 18.2 Å². The molecule has 15 heavy (non-hydrogen) atoms. The highest BCUT2D eigenvalue weighted by atomic mass is 35.5. The molecule has 2 N–H and O–H groups in total. The van der Waals surface area contributed by atoms with Crippen molar-refractivity contribution in [3.05, 3.63) is 33.8 Å². The first-order valence-corrected chi connectivity index (χ1v) is 6.61. The zero-order valence-electron chi connectivity index (χ0n) is 8.89. The Labute approximate surface area is 105 Å². The summed E-state index contributed by atoms with van der Waals surface area (Å²) in [4.78, 5) is 0. The van der Waals surface area contributed by atoms with Crippen molar-refractivity contribution in [1.82, 2.24) is 0 Å². The molecule has 0 atom stereocenters. The molecule has 0 radical (unpaired) electrons. The summed E-state index contributed by atoms with van der Waals surface area (Å²) in [6, 6.07) is 5.70. The molecule has 1 rings (SSSR count). The fourth-order valence-corrected chi connectivity index (χ4v) is 2.64. The van der Waals surface area contributed by atoms with Gasteiger partial charge in [-0.15, -0.1) is 0 Å². The largest absolute Gasteiger partial charge is 0.325 e. The Balaban J connectivity index is 2.55. The van der Waals surface area contributed by atoms with Gasteiger partial charge in [-0.2, -0.15) is 11.8 Å². The standard InChI is InChI=1S/C11H15Cl2NS/c1-11(2,14)7-15-6-8-4-3-5-9(12)10(8)13/h3-5H,6-7,14H2,1-2H3. The molecule has 0 bridgehead atoms. The van der Waals surface area contributed by atoms with Gasteiger partial charge in [0.05, 0.1) is 10.0 Å². The molecule has 0 aliphatic rings. The lowest BCUT2D eigenvalue weighted by Gasteiger charge is -2.17. The third-order valence-corrected chi connectivity index (χ3v) is 4.08. The molecular formula is C11H15Cl2NS. The van der Waals surface area contributed by atoms with Gasteiger partial charge in [-0.1, -0.05) is 35.3 Å². The molecule has 1 aromatic carbocycles. The normalized spacial score (nSPS) is 11.8. The van der Waals surface area contributed by atoms with Crippen molar-refractivity contribution >= 4 is 35.0 Å². The summed E-state index contributed by atoms with van der Waals surface area (Å²) in [5.74, 6) is 1.75. The van der Waals surface area contributed by atoms with Crippen LogP contribution >= 0.6 is 35.0 Å². The maximum absolute atomic E-state index is 6.07. The van der Waals surface area contributed by atoms with Gasteiger partial charge in [-0.25, -0.2) is 0 Å². The number of nitrogens with two attached hydrogens (primary N) is 1. The van der Waals surface area contributed by atoms with Crippen molar-refractivity contribution in [2.45, 2.75) is 25.1 Å². The second-order valence-corrected chi connectivity index (χ2v) is 5.97. The Hall–Kier alpha value is 0.110. The van der Waals surface area contributed by atoms with E-state index in [4.69, 9.17) is 28.9 Å².